The second kappa shape index (κ2) is 6.91. The Kier molecular flexibility index (Phi) is 5.83. The van der Waals surface area contributed by atoms with Crippen LogP contribution in [0.1, 0.15) is 38.3 Å². The van der Waals surface area contributed by atoms with Gasteiger partial charge in [0.2, 0.25) is 0 Å². The Hall–Kier alpha value is -0.860. The van der Waals surface area contributed by atoms with Gasteiger partial charge in [0.25, 0.3) is 0 Å². The van der Waals surface area contributed by atoms with Crippen molar-refractivity contribution in [3.05, 3.63) is 35.4 Å². The van der Waals surface area contributed by atoms with Crippen molar-refractivity contribution in [1.82, 2.24) is 5.32 Å². The quantitative estimate of drug-likeness (QED) is 0.800. The molecule has 0 saturated carbocycles. The zero-order valence-corrected chi connectivity index (χ0v) is 12.4. The Morgan fingerprint density at radius 2 is 1.94 bits per heavy atom. The van der Waals surface area contributed by atoms with Gasteiger partial charge in [0, 0.05) is 13.2 Å². The van der Waals surface area contributed by atoms with Crippen molar-refractivity contribution < 1.29 is 4.74 Å². The third-order valence-corrected chi connectivity index (χ3v) is 3.56. The molecule has 102 valence electrons. The van der Waals surface area contributed by atoms with Crippen LogP contribution in [-0.2, 0) is 11.2 Å². The Balaban J connectivity index is 2.34. The second-order valence-corrected chi connectivity index (χ2v) is 5.70. The first-order chi connectivity index (χ1) is 8.44. The maximum Gasteiger partial charge on any atom is 0.0634 e. The number of benzene rings is 1. The number of aryl methyl sites for hydroxylation is 1. The molecular weight excluding hydrogens is 222 g/mol. The lowest BCUT2D eigenvalue weighted by Gasteiger charge is -2.24. The summed E-state index contributed by atoms with van der Waals surface area (Å²) in [6, 6.07) is 9.10. The smallest absolute Gasteiger partial charge is 0.0634 e. The van der Waals surface area contributed by atoms with Gasteiger partial charge in [-0.3, -0.25) is 0 Å². The molecule has 0 fully saturated rings. The van der Waals surface area contributed by atoms with E-state index in [-0.39, 0.29) is 5.60 Å². The second-order valence-electron chi connectivity index (χ2n) is 5.70. The summed E-state index contributed by atoms with van der Waals surface area (Å²) in [4.78, 5) is 0. The molecule has 0 aromatic heterocycles. The minimum Gasteiger partial charge on any atom is -0.379 e. The van der Waals surface area contributed by atoms with E-state index in [0.717, 1.165) is 19.4 Å². The first-order valence-corrected chi connectivity index (χ1v) is 6.77. The number of hydrogen-bond acceptors (Lipinski definition) is 2. The van der Waals surface area contributed by atoms with E-state index in [4.69, 9.17) is 4.74 Å². The van der Waals surface area contributed by atoms with E-state index in [1.54, 1.807) is 7.11 Å². The van der Waals surface area contributed by atoms with Crippen molar-refractivity contribution in [2.24, 2.45) is 0 Å². The molecule has 0 aliphatic rings. The summed E-state index contributed by atoms with van der Waals surface area (Å²) in [6.07, 6.45) is 2.11. The van der Waals surface area contributed by atoms with E-state index in [2.05, 4.69) is 57.3 Å². The fraction of sp³-hybridized carbons (Fsp3) is 0.625. The Morgan fingerprint density at radius 3 is 2.56 bits per heavy atom. The predicted octanol–water partition coefficient (Wildman–Crippen LogP) is 3.33. The average molecular weight is 249 g/mol. The fourth-order valence-corrected chi connectivity index (χ4v) is 1.96. The maximum atomic E-state index is 5.42. The molecule has 1 rings (SSSR count). The number of methoxy groups -OCH3 is 1. The highest BCUT2D eigenvalue weighted by molar-refractivity contribution is 5.26. The van der Waals surface area contributed by atoms with Crippen LogP contribution >= 0.6 is 0 Å². The Labute approximate surface area is 112 Å². The van der Waals surface area contributed by atoms with Crippen molar-refractivity contribution in [1.29, 1.82) is 0 Å². The van der Waals surface area contributed by atoms with Crippen molar-refractivity contribution in [3.63, 3.8) is 0 Å². The van der Waals surface area contributed by atoms with E-state index < -0.39 is 0 Å². The van der Waals surface area contributed by atoms with Crippen LogP contribution in [-0.4, -0.2) is 25.3 Å². The summed E-state index contributed by atoms with van der Waals surface area (Å²) >= 11 is 0. The standard InChI is InChI=1S/C16H27NO/c1-13-8-6-7-9-15(13)12-14(2)17-11-10-16(3,4)18-5/h6-9,14,17H,10-12H2,1-5H3. The summed E-state index contributed by atoms with van der Waals surface area (Å²) in [5.74, 6) is 0. The molecule has 0 amide bonds. The maximum absolute atomic E-state index is 5.42. The number of ether oxygens (including phenoxy) is 1. The molecule has 1 N–H and O–H groups in total. The third kappa shape index (κ3) is 5.19. The molecule has 0 bridgehead atoms. The van der Waals surface area contributed by atoms with E-state index in [1.165, 1.54) is 11.1 Å². The van der Waals surface area contributed by atoms with Crippen LogP contribution in [0.5, 0.6) is 0 Å². The molecule has 2 nitrogen and oxygen atoms in total. The molecule has 0 spiro atoms. The molecule has 1 aromatic carbocycles. The highest BCUT2D eigenvalue weighted by atomic mass is 16.5. The van der Waals surface area contributed by atoms with E-state index in [0.29, 0.717) is 6.04 Å². The van der Waals surface area contributed by atoms with E-state index >= 15 is 0 Å². The van der Waals surface area contributed by atoms with Crippen molar-refractivity contribution in [3.8, 4) is 0 Å². The normalized spacial score (nSPS) is 13.6. The minimum atomic E-state index is -0.0324. The number of hydrogen-bond donors (Lipinski definition) is 1. The molecule has 2 heteroatoms. The highest BCUT2D eigenvalue weighted by Crippen LogP contribution is 2.13. The molecular formula is C16H27NO. The van der Waals surface area contributed by atoms with Gasteiger partial charge in [0.1, 0.15) is 0 Å². The lowest BCUT2D eigenvalue weighted by molar-refractivity contribution is 0.0154. The third-order valence-electron chi connectivity index (χ3n) is 3.56. The van der Waals surface area contributed by atoms with Gasteiger partial charge in [-0.25, -0.2) is 0 Å². The van der Waals surface area contributed by atoms with Gasteiger partial charge in [0.15, 0.2) is 0 Å². The van der Waals surface area contributed by atoms with Crippen LogP contribution in [0, 0.1) is 6.92 Å². The topological polar surface area (TPSA) is 21.3 Å². The van der Waals surface area contributed by atoms with Crippen molar-refractivity contribution in [2.75, 3.05) is 13.7 Å². The largest absolute Gasteiger partial charge is 0.379 e. The average Bonchev–Trinajstić information content (AvgIpc) is 2.32. The monoisotopic (exact) mass is 249 g/mol. The summed E-state index contributed by atoms with van der Waals surface area (Å²) < 4.78 is 5.42. The molecule has 0 aliphatic heterocycles. The summed E-state index contributed by atoms with van der Waals surface area (Å²) in [7, 11) is 1.77. The fourth-order valence-electron chi connectivity index (χ4n) is 1.96. The van der Waals surface area contributed by atoms with Gasteiger partial charge < -0.3 is 10.1 Å². The van der Waals surface area contributed by atoms with Gasteiger partial charge in [0.05, 0.1) is 5.60 Å². The van der Waals surface area contributed by atoms with Gasteiger partial charge in [-0.1, -0.05) is 24.3 Å². The zero-order valence-electron chi connectivity index (χ0n) is 12.4. The summed E-state index contributed by atoms with van der Waals surface area (Å²) in [5, 5.41) is 3.57. The van der Waals surface area contributed by atoms with Crippen LogP contribution in [0.25, 0.3) is 0 Å². The molecule has 18 heavy (non-hydrogen) atoms. The Morgan fingerprint density at radius 1 is 1.28 bits per heavy atom. The van der Waals surface area contributed by atoms with Gasteiger partial charge in [-0.05, 0) is 58.2 Å². The zero-order chi connectivity index (χ0) is 13.6. The highest BCUT2D eigenvalue weighted by Gasteiger charge is 2.16. The van der Waals surface area contributed by atoms with Crippen molar-refractivity contribution >= 4 is 0 Å². The van der Waals surface area contributed by atoms with Crippen LogP contribution in [0.15, 0.2) is 24.3 Å². The number of rotatable bonds is 7. The van der Waals surface area contributed by atoms with Gasteiger partial charge in [-0.15, -0.1) is 0 Å². The Bertz CT molecular complexity index is 360. The minimum absolute atomic E-state index is 0.0324. The summed E-state index contributed by atoms with van der Waals surface area (Å²) in [6.45, 7) is 9.66. The molecule has 0 heterocycles. The van der Waals surface area contributed by atoms with Gasteiger partial charge >= 0.3 is 0 Å². The van der Waals surface area contributed by atoms with Crippen LogP contribution in [0.2, 0.25) is 0 Å². The van der Waals surface area contributed by atoms with Gasteiger partial charge in [-0.2, -0.15) is 0 Å². The molecule has 1 aromatic rings. The van der Waals surface area contributed by atoms with E-state index in [9.17, 15) is 0 Å². The van der Waals surface area contributed by atoms with Crippen LogP contribution in [0.3, 0.4) is 0 Å². The first-order valence-electron chi connectivity index (χ1n) is 6.77. The number of nitrogens with one attached hydrogen (secondary N) is 1. The van der Waals surface area contributed by atoms with E-state index in [1.807, 2.05) is 0 Å². The molecule has 0 saturated heterocycles. The lowest BCUT2D eigenvalue weighted by Crippen LogP contribution is -2.34. The SMILES string of the molecule is COC(C)(C)CCNC(C)Cc1ccccc1C. The molecule has 0 aliphatic carbocycles. The molecule has 1 atom stereocenters. The lowest BCUT2D eigenvalue weighted by atomic mass is 10.0. The first kappa shape index (κ1) is 15.2. The molecule has 0 radical (unpaired) electrons. The molecule has 1 unspecified atom stereocenters. The van der Waals surface area contributed by atoms with Crippen molar-refractivity contribution in [2.45, 2.75) is 52.2 Å². The van der Waals surface area contributed by atoms with Crippen LogP contribution < -0.4 is 5.32 Å². The summed E-state index contributed by atoms with van der Waals surface area (Å²) in [5.41, 5.74) is 2.78. The van der Waals surface area contributed by atoms with Crippen LogP contribution in [0.4, 0.5) is 0 Å². The predicted molar refractivity (Wildman–Crippen MR) is 78.1 cm³/mol.